The fraction of sp³-hybridized carbons (Fsp3) is 0.286. The number of aliphatic carboxylic acids is 1. The van der Waals surface area contributed by atoms with E-state index in [4.69, 9.17) is 0 Å². The monoisotopic (exact) mass is 244 g/mol. The van der Waals surface area contributed by atoms with E-state index >= 15 is 0 Å². The highest BCUT2D eigenvalue weighted by Crippen LogP contribution is 2.23. The van der Waals surface area contributed by atoms with Gasteiger partial charge in [0.05, 0.1) is 17.3 Å². The molecule has 4 nitrogen and oxygen atoms in total. The van der Waals surface area contributed by atoms with Gasteiger partial charge in [-0.3, -0.25) is 4.79 Å². The Labute approximate surface area is 106 Å². The van der Waals surface area contributed by atoms with Crippen LogP contribution in [-0.4, -0.2) is 20.9 Å². The van der Waals surface area contributed by atoms with Crippen LogP contribution in [0.3, 0.4) is 0 Å². The van der Waals surface area contributed by atoms with Crippen LogP contribution in [0, 0.1) is 0 Å². The van der Waals surface area contributed by atoms with Crippen LogP contribution < -0.4 is 0 Å². The Morgan fingerprint density at radius 1 is 1.33 bits per heavy atom. The van der Waals surface area contributed by atoms with Crippen LogP contribution in [0.5, 0.6) is 0 Å². The van der Waals surface area contributed by atoms with Crippen molar-refractivity contribution in [2.24, 2.45) is 0 Å². The number of hydrogen-bond donors (Lipinski definition) is 1. The summed E-state index contributed by atoms with van der Waals surface area (Å²) < 4.78 is 1.70. The summed E-state index contributed by atoms with van der Waals surface area (Å²) >= 11 is 0. The predicted molar refractivity (Wildman–Crippen MR) is 68.8 cm³/mol. The summed E-state index contributed by atoms with van der Waals surface area (Å²) in [5.74, 6) is -1.30. The number of rotatable bonds is 5. The third-order valence-electron chi connectivity index (χ3n) is 2.91. The standard InChI is InChI=1S/C14H16N2O2/c1-2-6-12(14(17)18)13-9-10-15-16(13)11-7-4-3-5-8-11/h3-5,7-10,12H,2,6H2,1H3,(H,17,18). The number of nitrogens with zero attached hydrogens (tertiary/aromatic N) is 2. The molecule has 1 unspecified atom stereocenters. The first-order chi connectivity index (χ1) is 8.74. The van der Waals surface area contributed by atoms with Gasteiger partial charge in [-0.15, -0.1) is 0 Å². The van der Waals surface area contributed by atoms with E-state index < -0.39 is 11.9 Å². The molecule has 1 aromatic carbocycles. The van der Waals surface area contributed by atoms with E-state index in [9.17, 15) is 9.90 Å². The van der Waals surface area contributed by atoms with Crippen molar-refractivity contribution in [2.75, 3.05) is 0 Å². The third-order valence-corrected chi connectivity index (χ3v) is 2.91. The molecule has 1 atom stereocenters. The minimum absolute atomic E-state index is 0.502. The molecule has 0 amide bonds. The zero-order valence-corrected chi connectivity index (χ0v) is 10.3. The second-order valence-corrected chi connectivity index (χ2v) is 4.18. The van der Waals surface area contributed by atoms with Crippen molar-refractivity contribution in [2.45, 2.75) is 25.7 Å². The molecular formula is C14H16N2O2. The Morgan fingerprint density at radius 3 is 2.67 bits per heavy atom. The fourth-order valence-electron chi connectivity index (χ4n) is 2.05. The van der Waals surface area contributed by atoms with Crippen molar-refractivity contribution in [3.05, 3.63) is 48.3 Å². The Balaban J connectivity index is 2.41. The maximum Gasteiger partial charge on any atom is 0.312 e. The molecule has 1 aromatic heterocycles. The van der Waals surface area contributed by atoms with Crippen LogP contribution in [0.25, 0.3) is 5.69 Å². The summed E-state index contributed by atoms with van der Waals surface area (Å²) in [5, 5.41) is 13.5. The minimum Gasteiger partial charge on any atom is -0.481 e. The maximum absolute atomic E-state index is 11.3. The molecule has 0 fully saturated rings. The van der Waals surface area contributed by atoms with Crippen LogP contribution in [-0.2, 0) is 4.79 Å². The summed E-state index contributed by atoms with van der Waals surface area (Å²) in [6.45, 7) is 1.99. The average molecular weight is 244 g/mol. The highest BCUT2D eigenvalue weighted by molar-refractivity contribution is 5.75. The molecule has 2 aromatic rings. The summed E-state index contributed by atoms with van der Waals surface area (Å²) in [7, 11) is 0. The second kappa shape index (κ2) is 5.49. The molecule has 1 N–H and O–H groups in total. The van der Waals surface area contributed by atoms with Crippen molar-refractivity contribution in [3.63, 3.8) is 0 Å². The van der Waals surface area contributed by atoms with Crippen molar-refractivity contribution < 1.29 is 9.90 Å². The fourth-order valence-corrected chi connectivity index (χ4v) is 2.05. The van der Waals surface area contributed by atoms with E-state index in [0.29, 0.717) is 6.42 Å². The van der Waals surface area contributed by atoms with Gasteiger partial charge in [-0.25, -0.2) is 4.68 Å². The van der Waals surface area contributed by atoms with Gasteiger partial charge in [0.2, 0.25) is 0 Å². The van der Waals surface area contributed by atoms with Crippen molar-refractivity contribution in [1.29, 1.82) is 0 Å². The number of aromatic nitrogens is 2. The topological polar surface area (TPSA) is 55.1 Å². The van der Waals surface area contributed by atoms with Crippen LogP contribution in [0.15, 0.2) is 42.6 Å². The molecule has 1 heterocycles. The van der Waals surface area contributed by atoms with Crippen LogP contribution in [0.1, 0.15) is 31.4 Å². The molecule has 0 aliphatic carbocycles. The van der Waals surface area contributed by atoms with Crippen LogP contribution in [0.2, 0.25) is 0 Å². The lowest BCUT2D eigenvalue weighted by atomic mass is 10.00. The Bertz CT molecular complexity index is 520. The predicted octanol–water partition coefficient (Wildman–Crippen LogP) is 2.84. The Kier molecular flexibility index (Phi) is 3.77. The van der Waals surface area contributed by atoms with Crippen molar-refractivity contribution >= 4 is 5.97 Å². The molecule has 0 spiro atoms. The molecule has 4 heteroatoms. The molecule has 0 radical (unpaired) electrons. The lowest BCUT2D eigenvalue weighted by molar-refractivity contribution is -0.139. The van der Waals surface area contributed by atoms with E-state index in [-0.39, 0.29) is 0 Å². The zero-order chi connectivity index (χ0) is 13.0. The number of carbonyl (C=O) groups is 1. The number of para-hydroxylation sites is 1. The van der Waals surface area contributed by atoms with E-state index in [0.717, 1.165) is 17.8 Å². The van der Waals surface area contributed by atoms with Gasteiger partial charge in [0.15, 0.2) is 0 Å². The van der Waals surface area contributed by atoms with Gasteiger partial charge < -0.3 is 5.11 Å². The molecule has 2 rings (SSSR count). The summed E-state index contributed by atoms with van der Waals surface area (Å²) in [5.41, 5.74) is 1.62. The highest BCUT2D eigenvalue weighted by Gasteiger charge is 2.23. The third kappa shape index (κ3) is 2.42. The van der Waals surface area contributed by atoms with Gasteiger partial charge >= 0.3 is 5.97 Å². The molecule has 0 saturated heterocycles. The summed E-state index contributed by atoms with van der Waals surface area (Å²) in [6.07, 6.45) is 3.10. The molecule has 0 aliphatic rings. The highest BCUT2D eigenvalue weighted by atomic mass is 16.4. The van der Waals surface area contributed by atoms with E-state index in [1.165, 1.54) is 0 Å². The van der Waals surface area contributed by atoms with Gasteiger partial charge in [-0.1, -0.05) is 31.5 Å². The van der Waals surface area contributed by atoms with Gasteiger partial charge in [-0.2, -0.15) is 5.10 Å². The minimum atomic E-state index is -0.797. The molecule has 18 heavy (non-hydrogen) atoms. The molecular weight excluding hydrogens is 228 g/mol. The molecule has 0 saturated carbocycles. The SMILES string of the molecule is CCCC(C(=O)O)c1ccnn1-c1ccccc1. The van der Waals surface area contributed by atoms with Gasteiger partial charge in [0, 0.05) is 6.20 Å². The number of hydrogen-bond acceptors (Lipinski definition) is 2. The first-order valence-corrected chi connectivity index (χ1v) is 6.06. The Morgan fingerprint density at radius 2 is 2.06 bits per heavy atom. The van der Waals surface area contributed by atoms with E-state index in [1.54, 1.807) is 16.9 Å². The van der Waals surface area contributed by atoms with Crippen molar-refractivity contribution in [3.8, 4) is 5.69 Å². The molecule has 94 valence electrons. The summed E-state index contributed by atoms with van der Waals surface area (Å²) in [4.78, 5) is 11.3. The lowest BCUT2D eigenvalue weighted by Gasteiger charge is -2.13. The molecule has 0 bridgehead atoms. The molecule has 0 aliphatic heterocycles. The largest absolute Gasteiger partial charge is 0.481 e. The quantitative estimate of drug-likeness (QED) is 0.879. The van der Waals surface area contributed by atoms with Gasteiger partial charge in [0.25, 0.3) is 0 Å². The average Bonchev–Trinajstić information content (AvgIpc) is 2.85. The summed E-state index contributed by atoms with van der Waals surface area (Å²) in [6, 6.07) is 11.4. The zero-order valence-electron chi connectivity index (χ0n) is 10.3. The maximum atomic E-state index is 11.3. The second-order valence-electron chi connectivity index (χ2n) is 4.18. The first kappa shape index (κ1) is 12.4. The first-order valence-electron chi connectivity index (χ1n) is 6.06. The Hall–Kier alpha value is -2.10. The van der Waals surface area contributed by atoms with Gasteiger partial charge in [0.1, 0.15) is 0 Å². The van der Waals surface area contributed by atoms with E-state index in [1.807, 2.05) is 37.3 Å². The number of benzene rings is 1. The number of carboxylic acid groups (broad SMARTS) is 1. The normalized spacial score (nSPS) is 12.3. The van der Waals surface area contributed by atoms with Crippen LogP contribution >= 0.6 is 0 Å². The number of carboxylic acids is 1. The van der Waals surface area contributed by atoms with E-state index in [2.05, 4.69) is 5.10 Å². The van der Waals surface area contributed by atoms with Crippen LogP contribution in [0.4, 0.5) is 0 Å². The smallest absolute Gasteiger partial charge is 0.312 e. The van der Waals surface area contributed by atoms with Gasteiger partial charge in [-0.05, 0) is 24.6 Å². The van der Waals surface area contributed by atoms with Crippen molar-refractivity contribution in [1.82, 2.24) is 9.78 Å². The lowest BCUT2D eigenvalue weighted by Crippen LogP contribution is -2.16.